The fourth-order valence-corrected chi connectivity index (χ4v) is 6.24. The Balaban J connectivity index is 1.47. The summed E-state index contributed by atoms with van der Waals surface area (Å²) in [6.07, 6.45) is 6.11. The summed E-state index contributed by atoms with van der Waals surface area (Å²) in [4.78, 5) is 15.3. The van der Waals surface area contributed by atoms with Crippen LogP contribution in [0.3, 0.4) is 0 Å². The standard InChI is InChI=1S/C21H26N8O2S/c1-13(2)28-10-21(7-15(28)8-21)27-32(30,31)16-5-4-14(3)17(6-16)18-9-24-19(22)20(26-18)29-12-23-11-25-29/h4-6,9,11-13,15,27H,7-8,10H2,1-3H3,(H2,22,24). The van der Waals surface area contributed by atoms with Crippen molar-refractivity contribution in [1.82, 2.24) is 34.4 Å². The molecule has 0 amide bonds. The van der Waals surface area contributed by atoms with Gasteiger partial charge in [-0.15, -0.1) is 0 Å². The average Bonchev–Trinajstić information content (AvgIpc) is 3.43. The van der Waals surface area contributed by atoms with Gasteiger partial charge in [-0.2, -0.15) is 9.78 Å². The van der Waals surface area contributed by atoms with Crippen LogP contribution in [0.1, 0.15) is 32.3 Å². The second-order valence-electron chi connectivity index (χ2n) is 8.99. The van der Waals surface area contributed by atoms with E-state index >= 15 is 0 Å². The van der Waals surface area contributed by atoms with Crippen LogP contribution in [-0.4, -0.2) is 62.2 Å². The lowest BCUT2D eigenvalue weighted by atomic mass is 9.79. The molecule has 1 aromatic carbocycles. The van der Waals surface area contributed by atoms with Gasteiger partial charge in [-0.1, -0.05) is 6.07 Å². The van der Waals surface area contributed by atoms with Gasteiger partial charge in [-0.3, -0.25) is 4.90 Å². The summed E-state index contributed by atoms with van der Waals surface area (Å²) < 4.78 is 31.0. The molecule has 0 spiro atoms. The largest absolute Gasteiger partial charge is 0.381 e. The number of hydrogen-bond donors (Lipinski definition) is 2. The fraction of sp³-hybridized carbons (Fsp3) is 0.429. The highest BCUT2D eigenvalue weighted by molar-refractivity contribution is 7.89. The molecule has 3 aliphatic rings. The SMILES string of the molecule is Cc1ccc(S(=O)(=O)NC23CC(C2)N(C(C)C)C3)cc1-c1cnc(N)c(-n2cncn2)n1. The normalized spacial score (nSPS) is 22.9. The number of hydrogen-bond acceptors (Lipinski definition) is 8. The maximum atomic E-state index is 13.3. The first-order valence-electron chi connectivity index (χ1n) is 10.6. The van der Waals surface area contributed by atoms with Crippen LogP contribution >= 0.6 is 0 Å². The smallest absolute Gasteiger partial charge is 0.241 e. The maximum Gasteiger partial charge on any atom is 0.241 e. The number of nitrogen functional groups attached to an aromatic ring is 1. The van der Waals surface area contributed by atoms with Crippen molar-refractivity contribution in [2.75, 3.05) is 12.3 Å². The molecular weight excluding hydrogens is 428 g/mol. The molecule has 32 heavy (non-hydrogen) atoms. The highest BCUT2D eigenvalue weighted by Gasteiger charge is 2.57. The maximum absolute atomic E-state index is 13.3. The zero-order valence-corrected chi connectivity index (χ0v) is 19.0. The number of nitrogens with one attached hydrogen (secondary N) is 1. The van der Waals surface area contributed by atoms with E-state index in [1.165, 1.54) is 23.5 Å². The Bertz CT molecular complexity index is 1270. The number of nitrogens with zero attached hydrogens (tertiary/aromatic N) is 6. The molecule has 1 saturated carbocycles. The summed E-state index contributed by atoms with van der Waals surface area (Å²) in [5, 5.41) is 4.06. The van der Waals surface area contributed by atoms with Crippen molar-refractivity contribution >= 4 is 15.8 Å². The summed E-state index contributed by atoms with van der Waals surface area (Å²) >= 11 is 0. The molecule has 2 aliphatic heterocycles. The van der Waals surface area contributed by atoms with E-state index in [-0.39, 0.29) is 16.3 Å². The summed E-state index contributed by atoms with van der Waals surface area (Å²) in [6, 6.07) is 5.93. The molecule has 0 atom stereocenters. The molecule has 0 radical (unpaired) electrons. The van der Waals surface area contributed by atoms with Gasteiger partial charge in [-0.25, -0.2) is 28.1 Å². The third-order valence-electron chi connectivity index (χ3n) is 6.43. The quantitative estimate of drug-likeness (QED) is 0.573. The van der Waals surface area contributed by atoms with E-state index in [9.17, 15) is 8.42 Å². The minimum absolute atomic E-state index is 0.205. The average molecular weight is 455 g/mol. The molecular formula is C21H26N8O2S. The Morgan fingerprint density at radius 3 is 2.72 bits per heavy atom. The molecule has 11 heteroatoms. The van der Waals surface area contributed by atoms with Crippen molar-refractivity contribution in [3.05, 3.63) is 42.6 Å². The number of benzene rings is 1. The number of anilines is 1. The first kappa shape index (κ1) is 21.0. The second-order valence-corrected chi connectivity index (χ2v) is 10.7. The Morgan fingerprint density at radius 2 is 2.06 bits per heavy atom. The van der Waals surface area contributed by atoms with Crippen molar-refractivity contribution in [1.29, 1.82) is 0 Å². The van der Waals surface area contributed by atoms with E-state index in [4.69, 9.17) is 5.73 Å². The van der Waals surface area contributed by atoms with Gasteiger partial charge in [0.25, 0.3) is 0 Å². The minimum atomic E-state index is -3.70. The third-order valence-corrected chi connectivity index (χ3v) is 8.01. The lowest BCUT2D eigenvalue weighted by Crippen LogP contribution is -2.54. The Kier molecular flexibility index (Phi) is 4.80. The lowest BCUT2D eigenvalue weighted by molar-refractivity contribution is 0.194. The van der Waals surface area contributed by atoms with Crippen LogP contribution in [0.15, 0.2) is 41.9 Å². The number of nitrogens with two attached hydrogens (primary N) is 1. The Labute approximate surface area is 186 Å². The predicted octanol–water partition coefficient (Wildman–Crippen LogP) is 1.52. The Morgan fingerprint density at radius 1 is 1.28 bits per heavy atom. The van der Waals surface area contributed by atoms with Crippen molar-refractivity contribution in [2.24, 2.45) is 0 Å². The summed E-state index contributed by atoms with van der Waals surface area (Å²) in [7, 11) is -3.70. The number of sulfonamides is 1. The van der Waals surface area contributed by atoms with Gasteiger partial charge < -0.3 is 5.73 Å². The van der Waals surface area contributed by atoms with Gasteiger partial charge in [0, 0.05) is 29.7 Å². The van der Waals surface area contributed by atoms with Gasteiger partial charge in [0.05, 0.1) is 16.8 Å². The van der Waals surface area contributed by atoms with E-state index in [0.29, 0.717) is 29.2 Å². The van der Waals surface area contributed by atoms with Gasteiger partial charge in [-0.05, 0) is 51.3 Å². The molecule has 2 bridgehead atoms. The van der Waals surface area contributed by atoms with E-state index in [1.807, 2.05) is 6.92 Å². The predicted molar refractivity (Wildman–Crippen MR) is 119 cm³/mol. The molecule has 168 valence electrons. The molecule has 3 fully saturated rings. The highest BCUT2D eigenvalue weighted by atomic mass is 32.2. The molecule has 2 saturated heterocycles. The molecule has 4 heterocycles. The van der Waals surface area contributed by atoms with Gasteiger partial charge in [0.2, 0.25) is 10.0 Å². The van der Waals surface area contributed by atoms with E-state index in [0.717, 1.165) is 24.9 Å². The molecule has 1 aliphatic carbocycles. The van der Waals surface area contributed by atoms with Crippen molar-refractivity contribution < 1.29 is 8.42 Å². The van der Waals surface area contributed by atoms with Crippen molar-refractivity contribution in [3.63, 3.8) is 0 Å². The van der Waals surface area contributed by atoms with Crippen LogP contribution in [0.5, 0.6) is 0 Å². The molecule has 3 N–H and O–H groups in total. The van der Waals surface area contributed by atoms with Gasteiger partial charge >= 0.3 is 0 Å². The zero-order chi connectivity index (χ0) is 22.7. The monoisotopic (exact) mass is 454 g/mol. The second kappa shape index (κ2) is 7.32. The number of aryl methyl sites for hydroxylation is 1. The van der Waals surface area contributed by atoms with E-state index < -0.39 is 10.0 Å². The molecule has 10 nitrogen and oxygen atoms in total. The first-order valence-corrected chi connectivity index (χ1v) is 12.0. The zero-order valence-electron chi connectivity index (χ0n) is 18.2. The minimum Gasteiger partial charge on any atom is -0.381 e. The Hall–Kier alpha value is -2.89. The molecule has 0 unspecified atom stereocenters. The molecule has 3 aromatic rings. The first-order chi connectivity index (χ1) is 15.2. The van der Waals surface area contributed by atoms with Crippen LogP contribution < -0.4 is 10.5 Å². The van der Waals surface area contributed by atoms with Crippen molar-refractivity contribution in [2.45, 2.75) is 56.1 Å². The topological polar surface area (TPSA) is 132 Å². The van der Waals surface area contributed by atoms with Gasteiger partial charge in [0.15, 0.2) is 11.6 Å². The molecule has 6 rings (SSSR count). The third kappa shape index (κ3) is 3.46. The van der Waals surface area contributed by atoms with Crippen LogP contribution in [-0.2, 0) is 10.0 Å². The highest BCUT2D eigenvalue weighted by Crippen LogP contribution is 2.46. The van der Waals surface area contributed by atoms with Crippen LogP contribution in [0, 0.1) is 6.92 Å². The van der Waals surface area contributed by atoms with E-state index in [2.05, 4.69) is 43.5 Å². The van der Waals surface area contributed by atoms with Crippen molar-refractivity contribution in [3.8, 4) is 17.1 Å². The lowest BCUT2D eigenvalue weighted by Gasteiger charge is -2.38. The number of aromatic nitrogens is 5. The fourth-order valence-electron chi connectivity index (χ4n) is 4.80. The van der Waals surface area contributed by atoms with Crippen LogP contribution in [0.25, 0.3) is 17.1 Å². The van der Waals surface area contributed by atoms with E-state index in [1.54, 1.807) is 18.2 Å². The summed E-state index contributed by atoms with van der Waals surface area (Å²) in [6.45, 7) is 6.95. The summed E-state index contributed by atoms with van der Waals surface area (Å²) in [5.74, 6) is 0.543. The molecule has 2 aromatic heterocycles. The van der Waals surface area contributed by atoms with Crippen LogP contribution in [0.4, 0.5) is 5.82 Å². The number of rotatable bonds is 6. The van der Waals surface area contributed by atoms with Gasteiger partial charge in [0.1, 0.15) is 12.7 Å². The van der Waals surface area contributed by atoms with Crippen LogP contribution in [0.2, 0.25) is 0 Å². The summed E-state index contributed by atoms with van der Waals surface area (Å²) in [5.41, 5.74) is 7.64. The number of fused-ring (bicyclic) bond motifs is 1.